The van der Waals surface area contributed by atoms with E-state index in [1.165, 1.54) is 16.5 Å². The van der Waals surface area contributed by atoms with Crippen LogP contribution in [0.2, 0.25) is 0 Å². The third-order valence-corrected chi connectivity index (χ3v) is 3.65. The topological polar surface area (TPSA) is 53.8 Å². The summed E-state index contributed by atoms with van der Waals surface area (Å²) in [6.07, 6.45) is 3.14. The Morgan fingerprint density at radius 3 is 2.72 bits per heavy atom. The summed E-state index contributed by atoms with van der Waals surface area (Å²) in [5, 5.41) is 4.71. The summed E-state index contributed by atoms with van der Waals surface area (Å²) >= 11 is 0. The van der Waals surface area contributed by atoms with Crippen LogP contribution in [-0.2, 0) is 0 Å². The maximum atomic E-state index is 5.84. The van der Waals surface area contributed by atoms with Crippen molar-refractivity contribution in [3.05, 3.63) is 36.0 Å². The zero-order valence-corrected chi connectivity index (χ0v) is 11.5. The number of benzene rings is 1. The Hall–Kier alpha value is -1.32. The van der Waals surface area contributed by atoms with Crippen LogP contribution in [-0.4, -0.2) is 18.6 Å². The predicted octanol–water partition coefficient (Wildman–Crippen LogP) is 2.80. The minimum Gasteiger partial charge on any atom is -0.361 e. The van der Waals surface area contributed by atoms with E-state index in [4.69, 9.17) is 5.73 Å². The molecule has 0 aliphatic rings. The van der Waals surface area contributed by atoms with Crippen LogP contribution in [0.15, 0.2) is 30.5 Å². The predicted molar refractivity (Wildman–Crippen MR) is 77.6 cm³/mol. The van der Waals surface area contributed by atoms with Gasteiger partial charge in [0.05, 0.1) is 0 Å². The first-order valence-electron chi connectivity index (χ1n) is 6.51. The molecule has 2 aromatic rings. The van der Waals surface area contributed by atoms with Crippen molar-refractivity contribution in [2.75, 3.05) is 13.6 Å². The minimum atomic E-state index is 0.145. The maximum Gasteiger partial charge on any atom is 0.0457 e. The highest BCUT2D eigenvalue weighted by atomic mass is 14.9. The molecule has 0 saturated heterocycles. The Morgan fingerprint density at radius 2 is 2.06 bits per heavy atom. The second kappa shape index (κ2) is 5.12. The van der Waals surface area contributed by atoms with Crippen LogP contribution >= 0.6 is 0 Å². The third kappa shape index (κ3) is 2.57. The second-order valence-electron chi connectivity index (χ2n) is 5.70. The van der Waals surface area contributed by atoms with Crippen LogP contribution in [0.3, 0.4) is 0 Å². The van der Waals surface area contributed by atoms with Gasteiger partial charge in [-0.25, -0.2) is 0 Å². The van der Waals surface area contributed by atoms with Gasteiger partial charge in [-0.15, -0.1) is 0 Å². The molecule has 98 valence electrons. The van der Waals surface area contributed by atoms with Gasteiger partial charge in [0.15, 0.2) is 0 Å². The molecule has 1 atom stereocenters. The highest BCUT2D eigenvalue weighted by Crippen LogP contribution is 2.32. The van der Waals surface area contributed by atoms with Crippen molar-refractivity contribution >= 4 is 10.9 Å². The van der Waals surface area contributed by atoms with Crippen LogP contribution < -0.4 is 11.1 Å². The Balaban J connectivity index is 2.33. The van der Waals surface area contributed by atoms with E-state index in [2.05, 4.69) is 54.6 Å². The zero-order valence-electron chi connectivity index (χ0n) is 11.5. The Labute approximate surface area is 109 Å². The first kappa shape index (κ1) is 13.1. The van der Waals surface area contributed by atoms with Gasteiger partial charge in [-0.1, -0.05) is 32.0 Å². The van der Waals surface area contributed by atoms with Gasteiger partial charge in [0.2, 0.25) is 0 Å². The number of H-pyrrole nitrogens is 1. The van der Waals surface area contributed by atoms with Gasteiger partial charge in [0.25, 0.3) is 0 Å². The number of nitrogens with two attached hydrogens (primary N) is 1. The molecule has 0 saturated carbocycles. The van der Waals surface area contributed by atoms with Crippen LogP contribution in [0.5, 0.6) is 0 Å². The first-order chi connectivity index (χ1) is 8.57. The van der Waals surface area contributed by atoms with Gasteiger partial charge in [0.1, 0.15) is 0 Å². The summed E-state index contributed by atoms with van der Waals surface area (Å²) in [4.78, 5) is 3.34. The van der Waals surface area contributed by atoms with Crippen LogP contribution in [0.4, 0.5) is 0 Å². The quantitative estimate of drug-likeness (QED) is 0.758. The number of aromatic nitrogens is 1. The van der Waals surface area contributed by atoms with Gasteiger partial charge in [-0.05, 0) is 37.1 Å². The van der Waals surface area contributed by atoms with E-state index < -0.39 is 0 Å². The molecule has 3 heteroatoms. The molecule has 1 heterocycles. The molecule has 0 fully saturated rings. The lowest BCUT2D eigenvalue weighted by Gasteiger charge is -2.28. The summed E-state index contributed by atoms with van der Waals surface area (Å²) in [5.41, 5.74) is 8.51. The Bertz CT molecular complexity index is 513. The van der Waals surface area contributed by atoms with Gasteiger partial charge >= 0.3 is 0 Å². The summed E-state index contributed by atoms with van der Waals surface area (Å²) < 4.78 is 0. The smallest absolute Gasteiger partial charge is 0.0457 e. The number of hydrogen-bond acceptors (Lipinski definition) is 2. The number of hydrogen-bond donors (Lipinski definition) is 3. The zero-order chi connectivity index (χ0) is 13.2. The lowest BCUT2D eigenvalue weighted by atomic mass is 9.83. The van der Waals surface area contributed by atoms with Crippen LogP contribution in [0.1, 0.15) is 31.9 Å². The fourth-order valence-corrected chi connectivity index (χ4v) is 2.39. The molecule has 18 heavy (non-hydrogen) atoms. The van der Waals surface area contributed by atoms with Gasteiger partial charge in [-0.3, -0.25) is 0 Å². The van der Waals surface area contributed by atoms with Crippen molar-refractivity contribution < 1.29 is 0 Å². The lowest BCUT2D eigenvalue weighted by molar-refractivity contribution is 0.299. The van der Waals surface area contributed by atoms with E-state index in [-0.39, 0.29) is 5.41 Å². The fourth-order valence-electron chi connectivity index (χ4n) is 2.39. The number of para-hydroxylation sites is 1. The number of nitrogens with one attached hydrogen (secondary N) is 2. The Morgan fingerprint density at radius 1 is 1.33 bits per heavy atom. The summed E-state index contributed by atoms with van der Waals surface area (Å²) in [6, 6.07) is 8.75. The molecule has 1 aromatic carbocycles. The van der Waals surface area contributed by atoms with E-state index in [9.17, 15) is 0 Å². The molecule has 0 spiro atoms. The number of fused-ring (bicyclic) bond motifs is 1. The molecule has 2 rings (SSSR count). The summed E-state index contributed by atoms with van der Waals surface area (Å²) in [5.74, 6) is 0. The lowest BCUT2D eigenvalue weighted by Crippen LogP contribution is -2.30. The van der Waals surface area contributed by atoms with E-state index >= 15 is 0 Å². The number of rotatable bonds is 5. The molecule has 0 radical (unpaired) electrons. The van der Waals surface area contributed by atoms with E-state index in [1.54, 1.807) is 0 Å². The fraction of sp³-hybridized carbons (Fsp3) is 0.467. The minimum absolute atomic E-state index is 0.145. The van der Waals surface area contributed by atoms with Crippen molar-refractivity contribution in [3.63, 3.8) is 0 Å². The maximum absolute atomic E-state index is 5.84. The number of aromatic amines is 1. The van der Waals surface area contributed by atoms with Crippen LogP contribution in [0, 0.1) is 5.41 Å². The van der Waals surface area contributed by atoms with E-state index in [0.29, 0.717) is 12.6 Å². The van der Waals surface area contributed by atoms with Gasteiger partial charge in [-0.2, -0.15) is 0 Å². The molecule has 3 nitrogen and oxygen atoms in total. The molecule has 0 amide bonds. The summed E-state index contributed by atoms with van der Waals surface area (Å²) in [6.45, 7) is 5.13. The standard InChI is InChI=1S/C15H23N3/c1-15(2,10-16)8-14(17-3)12-9-18-13-7-5-4-6-11(12)13/h4-7,9,14,17-18H,8,10,16H2,1-3H3. The largest absolute Gasteiger partial charge is 0.361 e. The highest BCUT2D eigenvalue weighted by Gasteiger charge is 2.23. The molecule has 1 aromatic heterocycles. The molecule has 4 N–H and O–H groups in total. The van der Waals surface area contributed by atoms with Crippen LogP contribution in [0.25, 0.3) is 10.9 Å². The van der Waals surface area contributed by atoms with E-state index in [0.717, 1.165) is 6.42 Å². The molecular formula is C15H23N3. The monoisotopic (exact) mass is 245 g/mol. The average Bonchev–Trinajstić information content (AvgIpc) is 2.80. The average molecular weight is 245 g/mol. The highest BCUT2D eigenvalue weighted by molar-refractivity contribution is 5.83. The molecule has 0 aliphatic heterocycles. The summed E-state index contributed by atoms with van der Waals surface area (Å²) in [7, 11) is 2.01. The van der Waals surface area contributed by atoms with E-state index in [1.807, 2.05) is 7.05 Å². The SMILES string of the molecule is CNC(CC(C)(C)CN)c1c[nH]c2ccccc12. The molecule has 1 unspecified atom stereocenters. The van der Waals surface area contributed by atoms with Gasteiger partial charge in [0, 0.05) is 23.1 Å². The van der Waals surface area contributed by atoms with Crippen molar-refractivity contribution in [1.82, 2.24) is 10.3 Å². The second-order valence-corrected chi connectivity index (χ2v) is 5.70. The molecule has 0 bridgehead atoms. The Kier molecular flexibility index (Phi) is 3.73. The van der Waals surface area contributed by atoms with Crippen molar-refractivity contribution in [3.8, 4) is 0 Å². The third-order valence-electron chi connectivity index (χ3n) is 3.65. The van der Waals surface area contributed by atoms with Gasteiger partial charge < -0.3 is 16.0 Å². The van der Waals surface area contributed by atoms with Crippen molar-refractivity contribution in [1.29, 1.82) is 0 Å². The normalized spacial score (nSPS) is 14.0. The first-order valence-corrected chi connectivity index (χ1v) is 6.51. The van der Waals surface area contributed by atoms with Crippen molar-refractivity contribution in [2.24, 2.45) is 11.1 Å². The molecular weight excluding hydrogens is 222 g/mol. The molecule has 0 aliphatic carbocycles. The van der Waals surface area contributed by atoms with Crippen molar-refractivity contribution in [2.45, 2.75) is 26.3 Å².